The van der Waals surface area contributed by atoms with Crippen molar-refractivity contribution in [2.75, 3.05) is 39.6 Å². The van der Waals surface area contributed by atoms with Crippen molar-refractivity contribution < 1.29 is 38.0 Å². The molecule has 0 fully saturated rings. The highest BCUT2D eigenvalue weighted by Gasteiger charge is 2.22. The number of hydrogen-bond donors (Lipinski definition) is 0. The third kappa shape index (κ3) is 13.3. The Kier molecular flexibility index (Phi) is 18.8. The lowest BCUT2D eigenvalue weighted by Gasteiger charge is -2.23. The Morgan fingerprint density at radius 1 is 0.500 bits per heavy atom. The van der Waals surface area contributed by atoms with Crippen LogP contribution in [-0.2, 0) is 28.5 Å². The van der Waals surface area contributed by atoms with Crippen molar-refractivity contribution in [2.45, 2.75) is 117 Å². The van der Waals surface area contributed by atoms with E-state index >= 15 is 0 Å². The van der Waals surface area contributed by atoms with E-state index in [4.69, 9.17) is 28.4 Å². The molecule has 3 rings (SSSR count). The van der Waals surface area contributed by atoms with Gasteiger partial charge in [0.2, 0.25) is 0 Å². The second-order valence-electron chi connectivity index (χ2n) is 12.4. The Labute approximate surface area is 287 Å². The van der Waals surface area contributed by atoms with Crippen LogP contribution in [0.15, 0.2) is 48.5 Å². The first-order valence-corrected chi connectivity index (χ1v) is 18.3. The van der Waals surface area contributed by atoms with E-state index in [-0.39, 0.29) is 38.4 Å². The van der Waals surface area contributed by atoms with Crippen LogP contribution in [0.25, 0.3) is 21.5 Å². The number of carbonyl (C=O) groups excluding carboxylic acids is 2. The third-order valence-corrected chi connectivity index (χ3v) is 8.03. The second-order valence-corrected chi connectivity index (χ2v) is 12.4. The lowest BCUT2D eigenvalue weighted by atomic mass is 10.0. The summed E-state index contributed by atoms with van der Waals surface area (Å²) in [5.74, 6) is 0.929. The van der Waals surface area contributed by atoms with Crippen LogP contribution in [0.1, 0.15) is 105 Å². The molecule has 8 heteroatoms. The summed E-state index contributed by atoms with van der Waals surface area (Å²) < 4.78 is 36.3. The van der Waals surface area contributed by atoms with Crippen molar-refractivity contribution in [3.8, 4) is 11.5 Å². The summed E-state index contributed by atoms with van der Waals surface area (Å²) >= 11 is 0. The predicted octanol–water partition coefficient (Wildman–Crippen LogP) is 9.37. The molecule has 0 heterocycles. The van der Waals surface area contributed by atoms with Gasteiger partial charge in [-0.3, -0.25) is 9.59 Å². The average molecular weight is 667 g/mol. The van der Waals surface area contributed by atoms with Gasteiger partial charge in [0.25, 0.3) is 0 Å². The molecule has 3 aromatic carbocycles. The first kappa shape index (κ1) is 39.1. The highest BCUT2D eigenvalue weighted by molar-refractivity contribution is 6.11. The van der Waals surface area contributed by atoms with Crippen molar-refractivity contribution in [3.63, 3.8) is 0 Å². The normalized spacial score (nSPS) is 12.6. The summed E-state index contributed by atoms with van der Waals surface area (Å²) in [6, 6.07) is 15.9. The van der Waals surface area contributed by atoms with Gasteiger partial charge < -0.3 is 28.4 Å². The van der Waals surface area contributed by atoms with E-state index in [2.05, 4.69) is 13.8 Å². The summed E-state index contributed by atoms with van der Waals surface area (Å²) in [4.78, 5) is 25.4. The number of carbonyl (C=O) groups is 2. The zero-order valence-electron chi connectivity index (χ0n) is 29.8. The van der Waals surface area contributed by atoms with Gasteiger partial charge in [0.1, 0.15) is 24.7 Å². The number of ether oxygens (including phenoxy) is 6. The van der Waals surface area contributed by atoms with Gasteiger partial charge in [0.05, 0.1) is 13.2 Å². The molecular formula is C40H58O8. The Hall–Kier alpha value is -3.36. The highest BCUT2D eigenvalue weighted by Crippen LogP contribution is 2.42. The maximum absolute atomic E-state index is 12.7. The minimum absolute atomic E-state index is 0.156. The van der Waals surface area contributed by atoms with Crippen LogP contribution in [0.2, 0.25) is 0 Å². The van der Waals surface area contributed by atoms with Gasteiger partial charge in [-0.1, -0.05) is 115 Å². The highest BCUT2D eigenvalue weighted by atomic mass is 16.6. The van der Waals surface area contributed by atoms with Crippen molar-refractivity contribution in [2.24, 2.45) is 0 Å². The third-order valence-electron chi connectivity index (χ3n) is 8.03. The number of rotatable bonds is 26. The Bertz CT molecular complexity index is 1200. The first-order valence-electron chi connectivity index (χ1n) is 18.3. The van der Waals surface area contributed by atoms with E-state index in [1.807, 2.05) is 62.4 Å². The molecule has 0 bridgehead atoms. The smallest absolute Gasteiger partial charge is 0.306 e. The van der Waals surface area contributed by atoms with Crippen LogP contribution in [0.4, 0.5) is 0 Å². The molecule has 0 N–H and O–H groups in total. The van der Waals surface area contributed by atoms with E-state index < -0.39 is 12.2 Å². The summed E-state index contributed by atoms with van der Waals surface area (Å²) in [5, 5.41) is 3.49. The van der Waals surface area contributed by atoms with Crippen LogP contribution in [0.3, 0.4) is 0 Å². The Morgan fingerprint density at radius 3 is 1.21 bits per heavy atom. The van der Waals surface area contributed by atoms with E-state index in [9.17, 15) is 9.59 Å². The lowest BCUT2D eigenvalue weighted by Crippen LogP contribution is -2.30. The standard InChI is InChI=1S/C40H58O8/c1-5-9-11-13-23-37(41)47-31(27-43-25-7-3)29-45-39-33-19-15-17-21-35(33)40(36-22-18-16-20-34(36)39)46-30-32(28-44-26-8-4)48-38(42)24-14-12-10-6-2/h15-22,31-32H,5-14,23-30H2,1-4H3. The topological polar surface area (TPSA) is 89.5 Å². The minimum atomic E-state index is -0.538. The van der Waals surface area contributed by atoms with Gasteiger partial charge in [-0.15, -0.1) is 0 Å². The molecule has 8 nitrogen and oxygen atoms in total. The summed E-state index contributed by atoms with van der Waals surface area (Å²) in [6.45, 7) is 10.4. The predicted molar refractivity (Wildman–Crippen MR) is 192 cm³/mol. The molecule has 0 spiro atoms. The number of fused-ring (bicyclic) bond motifs is 2. The molecule has 0 amide bonds. The minimum Gasteiger partial charge on any atom is -0.488 e. The molecule has 3 aromatic rings. The molecule has 0 aromatic heterocycles. The summed E-state index contributed by atoms with van der Waals surface area (Å²) in [6.07, 6.45) is 9.55. The quantitative estimate of drug-likeness (QED) is 0.0476. The average Bonchev–Trinajstić information content (AvgIpc) is 3.09. The van der Waals surface area contributed by atoms with Crippen molar-refractivity contribution in [1.82, 2.24) is 0 Å². The van der Waals surface area contributed by atoms with Crippen molar-refractivity contribution in [1.29, 1.82) is 0 Å². The molecule has 48 heavy (non-hydrogen) atoms. The van der Waals surface area contributed by atoms with E-state index in [0.717, 1.165) is 85.8 Å². The largest absolute Gasteiger partial charge is 0.488 e. The number of unbranched alkanes of at least 4 members (excludes halogenated alkanes) is 6. The van der Waals surface area contributed by atoms with Gasteiger partial charge in [-0.05, 0) is 25.7 Å². The molecule has 2 unspecified atom stereocenters. The molecule has 0 saturated heterocycles. The Morgan fingerprint density at radius 2 is 0.875 bits per heavy atom. The SMILES string of the molecule is CCCCCCC(=O)OC(COCCC)COc1c2ccccc2c(OCC(COCCC)OC(=O)CCCCCC)c2ccccc12. The first-order chi connectivity index (χ1) is 23.5. The number of esters is 2. The monoisotopic (exact) mass is 666 g/mol. The molecule has 0 saturated carbocycles. The van der Waals surface area contributed by atoms with Gasteiger partial charge in [0.15, 0.2) is 12.2 Å². The molecule has 0 aliphatic heterocycles. The molecule has 2 atom stereocenters. The summed E-state index contributed by atoms with van der Waals surface area (Å²) in [5.41, 5.74) is 0. The molecule has 0 aliphatic rings. The maximum Gasteiger partial charge on any atom is 0.306 e. The summed E-state index contributed by atoms with van der Waals surface area (Å²) in [7, 11) is 0. The number of hydrogen-bond acceptors (Lipinski definition) is 8. The van der Waals surface area contributed by atoms with Crippen LogP contribution in [-0.4, -0.2) is 63.8 Å². The van der Waals surface area contributed by atoms with E-state index in [1.54, 1.807) is 0 Å². The van der Waals surface area contributed by atoms with Crippen LogP contribution in [0.5, 0.6) is 11.5 Å². The van der Waals surface area contributed by atoms with Crippen LogP contribution in [0, 0.1) is 0 Å². The van der Waals surface area contributed by atoms with Crippen LogP contribution < -0.4 is 9.47 Å². The zero-order chi connectivity index (χ0) is 34.4. The number of benzene rings is 3. The zero-order valence-corrected chi connectivity index (χ0v) is 29.8. The van der Waals surface area contributed by atoms with Crippen molar-refractivity contribution >= 4 is 33.5 Å². The van der Waals surface area contributed by atoms with Gasteiger partial charge in [-0.2, -0.15) is 0 Å². The van der Waals surface area contributed by atoms with Gasteiger partial charge in [0, 0.05) is 47.6 Å². The van der Waals surface area contributed by atoms with E-state index in [0.29, 0.717) is 37.6 Å². The molecule has 266 valence electrons. The lowest BCUT2D eigenvalue weighted by molar-refractivity contribution is -0.155. The fourth-order valence-electron chi connectivity index (χ4n) is 5.54. The van der Waals surface area contributed by atoms with Crippen LogP contribution >= 0.6 is 0 Å². The van der Waals surface area contributed by atoms with Crippen molar-refractivity contribution in [3.05, 3.63) is 48.5 Å². The molecule has 0 aliphatic carbocycles. The van der Waals surface area contributed by atoms with Gasteiger partial charge >= 0.3 is 11.9 Å². The molecular weight excluding hydrogens is 608 g/mol. The fraction of sp³-hybridized carbons (Fsp3) is 0.600. The molecule has 0 radical (unpaired) electrons. The maximum atomic E-state index is 12.7. The van der Waals surface area contributed by atoms with Gasteiger partial charge in [-0.25, -0.2) is 0 Å². The Balaban J connectivity index is 1.83. The second kappa shape index (κ2) is 23.1. The van der Waals surface area contributed by atoms with E-state index in [1.165, 1.54) is 0 Å². The fourth-order valence-corrected chi connectivity index (χ4v) is 5.54.